The van der Waals surface area contributed by atoms with Crippen molar-refractivity contribution in [2.24, 2.45) is 16.3 Å². The summed E-state index contributed by atoms with van der Waals surface area (Å²) < 4.78 is 5.40. The Bertz CT molecular complexity index is 356. The molecule has 2 rings (SSSR count). The molecule has 3 N–H and O–H groups in total. The van der Waals surface area contributed by atoms with Crippen molar-refractivity contribution in [3.8, 4) is 0 Å². The normalized spacial score (nSPS) is 31.0. The van der Waals surface area contributed by atoms with Crippen molar-refractivity contribution in [2.75, 3.05) is 32.8 Å². The number of rotatable bonds is 5. The van der Waals surface area contributed by atoms with Crippen LogP contribution in [0.25, 0.3) is 0 Å². The zero-order chi connectivity index (χ0) is 15.8. The molecule has 2 atom stereocenters. The van der Waals surface area contributed by atoms with Crippen LogP contribution in [0, 0.1) is 11.3 Å². The van der Waals surface area contributed by atoms with Crippen LogP contribution < -0.4 is 10.6 Å². The molecule has 0 spiro atoms. The van der Waals surface area contributed by atoms with Crippen molar-refractivity contribution < 1.29 is 9.84 Å². The molecule has 5 nitrogen and oxygen atoms in total. The van der Waals surface area contributed by atoms with Gasteiger partial charge in [-0.15, -0.1) is 0 Å². The number of guanidine groups is 1. The van der Waals surface area contributed by atoms with Crippen molar-refractivity contribution in [3.63, 3.8) is 0 Å². The van der Waals surface area contributed by atoms with Crippen LogP contribution in [-0.2, 0) is 4.74 Å². The summed E-state index contributed by atoms with van der Waals surface area (Å²) in [6.45, 7) is 8.52. The molecule has 0 aromatic carbocycles. The summed E-state index contributed by atoms with van der Waals surface area (Å²) in [5.74, 6) is 1.56. The Kier molecular flexibility index (Phi) is 6.96. The first-order chi connectivity index (χ1) is 10.6. The van der Waals surface area contributed by atoms with Gasteiger partial charge in [0.2, 0.25) is 0 Å². The van der Waals surface area contributed by atoms with Crippen LogP contribution in [0.3, 0.4) is 0 Å². The maximum Gasteiger partial charge on any atom is 0.191 e. The second kappa shape index (κ2) is 8.73. The molecule has 0 amide bonds. The van der Waals surface area contributed by atoms with E-state index in [-0.39, 0.29) is 11.5 Å². The largest absolute Gasteiger partial charge is 0.392 e. The van der Waals surface area contributed by atoms with Gasteiger partial charge in [-0.3, -0.25) is 4.99 Å². The van der Waals surface area contributed by atoms with Crippen LogP contribution in [0.2, 0.25) is 0 Å². The highest BCUT2D eigenvalue weighted by Gasteiger charge is 2.35. The average molecular weight is 311 g/mol. The lowest BCUT2D eigenvalue weighted by atomic mass is 9.73. The van der Waals surface area contributed by atoms with Crippen LogP contribution >= 0.6 is 0 Å². The lowest BCUT2D eigenvalue weighted by Gasteiger charge is -2.37. The van der Waals surface area contributed by atoms with E-state index in [1.165, 1.54) is 6.42 Å². The summed E-state index contributed by atoms with van der Waals surface area (Å²) in [7, 11) is 0. The first-order valence-electron chi connectivity index (χ1n) is 8.92. The van der Waals surface area contributed by atoms with E-state index in [4.69, 9.17) is 9.73 Å². The van der Waals surface area contributed by atoms with Crippen molar-refractivity contribution in [1.29, 1.82) is 0 Å². The summed E-state index contributed by atoms with van der Waals surface area (Å²) in [6.07, 6.45) is 6.36. The Balaban J connectivity index is 1.85. The molecule has 0 bridgehead atoms. The Labute approximate surface area is 134 Å². The summed E-state index contributed by atoms with van der Waals surface area (Å²) in [5, 5.41) is 17.1. The quantitative estimate of drug-likeness (QED) is 0.536. The van der Waals surface area contributed by atoms with Gasteiger partial charge in [0.1, 0.15) is 0 Å². The molecule has 2 aliphatic rings. The van der Waals surface area contributed by atoms with E-state index in [1.54, 1.807) is 0 Å². The highest BCUT2D eigenvalue weighted by Crippen LogP contribution is 2.36. The van der Waals surface area contributed by atoms with Gasteiger partial charge in [0.05, 0.1) is 12.6 Å². The highest BCUT2D eigenvalue weighted by atomic mass is 16.5. The van der Waals surface area contributed by atoms with Crippen molar-refractivity contribution in [1.82, 2.24) is 10.6 Å². The summed E-state index contributed by atoms with van der Waals surface area (Å²) >= 11 is 0. The molecule has 0 aromatic heterocycles. The van der Waals surface area contributed by atoms with Gasteiger partial charge in [-0.25, -0.2) is 0 Å². The third kappa shape index (κ3) is 5.13. The first kappa shape index (κ1) is 17.5. The molecule has 22 heavy (non-hydrogen) atoms. The van der Waals surface area contributed by atoms with E-state index in [1.807, 2.05) is 0 Å². The SMILES string of the molecule is CCNC(=NCC1(C)CCCCC1O)NCC1CCOCC1. The molecule has 1 heterocycles. The fourth-order valence-corrected chi connectivity index (χ4v) is 3.36. The molecule has 1 aliphatic heterocycles. The Morgan fingerprint density at radius 1 is 1.23 bits per heavy atom. The molecular weight excluding hydrogens is 278 g/mol. The Hall–Kier alpha value is -0.810. The highest BCUT2D eigenvalue weighted by molar-refractivity contribution is 5.79. The van der Waals surface area contributed by atoms with E-state index in [0.29, 0.717) is 12.5 Å². The Morgan fingerprint density at radius 2 is 2.00 bits per heavy atom. The van der Waals surface area contributed by atoms with Gasteiger partial charge in [-0.05, 0) is 38.5 Å². The number of aliphatic hydroxyl groups is 1. The third-order valence-corrected chi connectivity index (χ3v) is 5.12. The fraction of sp³-hybridized carbons (Fsp3) is 0.941. The van der Waals surface area contributed by atoms with Crippen LogP contribution in [-0.4, -0.2) is 50.0 Å². The minimum atomic E-state index is -0.219. The predicted octanol–water partition coefficient (Wildman–Crippen LogP) is 1.91. The topological polar surface area (TPSA) is 65.9 Å². The van der Waals surface area contributed by atoms with Crippen molar-refractivity contribution >= 4 is 5.96 Å². The van der Waals surface area contributed by atoms with Gasteiger partial charge in [0, 0.05) is 31.7 Å². The number of nitrogens with zero attached hydrogens (tertiary/aromatic N) is 1. The fourth-order valence-electron chi connectivity index (χ4n) is 3.36. The monoisotopic (exact) mass is 311 g/mol. The van der Waals surface area contributed by atoms with Crippen LogP contribution in [0.4, 0.5) is 0 Å². The minimum Gasteiger partial charge on any atom is -0.392 e. The van der Waals surface area contributed by atoms with Gasteiger partial charge in [-0.1, -0.05) is 19.8 Å². The molecule has 0 aromatic rings. The van der Waals surface area contributed by atoms with Gasteiger partial charge < -0.3 is 20.5 Å². The number of ether oxygens (including phenoxy) is 1. The molecule has 128 valence electrons. The maximum absolute atomic E-state index is 10.3. The number of aliphatic hydroxyl groups excluding tert-OH is 1. The molecule has 1 saturated carbocycles. The van der Waals surface area contributed by atoms with Crippen molar-refractivity contribution in [3.05, 3.63) is 0 Å². The van der Waals surface area contributed by atoms with E-state index in [9.17, 15) is 5.11 Å². The second-order valence-corrected chi connectivity index (χ2v) is 7.05. The molecule has 2 fully saturated rings. The smallest absolute Gasteiger partial charge is 0.191 e. The zero-order valence-corrected chi connectivity index (χ0v) is 14.2. The average Bonchev–Trinajstić information content (AvgIpc) is 2.54. The molecule has 1 aliphatic carbocycles. The molecule has 2 unspecified atom stereocenters. The molecule has 5 heteroatoms. The summed E-state index contributed by atoms with van der Waals surface area (Å²) in [5.41, 5.74) is -0.0702. The molecule has 1 saturated heterocycles. The van der Waals surface area contributed by atoms with E-state index in [2.05, 4.69) is 24.5 Å². The van der Waals surface area contributed by atoms with Gasteiger partial charge >= 0.3 is 0 Å². The number of hydrogen-bond donors (Lipinski definition) is 3. The predicted molar refractivity (Wildman–Crippen MR) is 90.1 cm³/mol. The summed E-state index contributed by atoms with van der Waals surface area (Å²) in [6, 6.07) is 0. The number of aliphatic imine (C=N–C) groups is 1. The first-order valence-corrected chi connectivity index (χ1v) is 8.92. The van der Waals surface area contributed by atoms with E-state index in [0.717, 1.165) is 64.4 Å². The maximum atomic E-state index is 10.3. The van der Waals surface area contributed by atoms with Crippen molar-refractivity contribution in [2.45, 2.75) is 58.5 Å². The van der Waals surface area contributed by atoms with Gasteiger partial charge in [0.25, 0.3) is 0 Å². The lowest BCUT2D eigenvalue weighted by Crippen LogP contribution is -2.43. The molecule has 0 radical (unpaired) electrons. The third-order valence-electron chi connectivity index (χ3n) is 5.12. The van der Waals surface area contributed by atoms with Crippen LogP contribution in [0.5, 0.6) is 0 Å². The lowest BCUT2D eigenvalue weighted by molar-refractivity contribution is 0.00715. The Morgan fingerprint density at radius 3 is 2.68 bits per heavy atom. The van der Waals surface area contributed by atoms with Gasteiger partial charge in [-0.2, -0.15) is 0 Å². The van der Waals surface area contributed by atoms with E-state index >= 15 is 0 Å². The number of hydrogen-bond acceptors (Lipinski definition) is 3. The second-order valence-electron chi connectivity index (χ2n) is 7.05. The standard InChI is InChI=1S/C17H33N3O2/c1-3-18-16(19-12-14-7-10-22-11-8-14)20-13-17(2)9-5-4-6-15(17)21/h14-15,21H,3-13H2,1-2H3,(H2,18,19,20). The number of nitrogens with one attached hydrogen (secondary N) is 2. The van der Waals surface area contributed by atoms with Crippen LogP contribution in [0.1, 0.15) is 52.4 Å². The van der Waals surface area contributed by atoms with Gasteiger partial charge in [0.15, 0.2) is 5.96 Å². The summed E-state index contributed by atoms with van der Waals surface area (Å²) in [4.78, 5) is 4.75. The van der Waals surface area contributed by atoms with E-state index < -0.39 is 0 Å². The zero-order valence-electron chi connectivity index (χ0n) is 14.2. The van der Waals surface area contributed by atoms with Crippen LogP contribution in [0.15, 0.2) is 4.99 Å². The molecular formula is C17H33N3O2. The minimum absolute atomic E-state index is 0.0702.